The Hall–Kier alpha value is -1.53. The van der Waals surface area contributed by atoms with Gasteiger partial charge in [-0.25, -0.2) is 0 Å². The number of anilines is 1. The Labute approximate surface area is 113 Å². The van der Waals surface area contributed by atoms with Gasteiger partial charge >= 0.3 is 5.97 Å². The van der Waals surface area contributed by atoms with Gasteiger partial charge < -0.3 is 9.64 Å². The molecule has 98 valence electrons. The molecule has 1 rings (SSSR count). The highest BCUT2D eigenvalue weighted by Gasteiger charge is 2.21. The Morgan fingerprint density at radius 1 is 1.44 bits per heavy atom. The lowest BCUT2D eigenvalue weighted by molar-refractivity contribution is -0.384. The molecule has 0 fully saturated rings. The van der Waals surface area contributed by atoms with Gasteiger partial charge in [0.15, 0.2) is 0 Å². The van der Waals surface area contributed by atoms with Gasteiger partial charge in [-0.2, -0.15) is 0 Å². The molecule has 0 aromatic heterocycles. The molecule has 0 unspecified atom stereocenters. The van der Waals surface area contributed by atoms with Gasteiger partial charge in [-0.05, 0) is 6.07 Å². The summed E-state index contributed by atoms with van der Waals surface area (Å²) in [5.74, 6) is -0.516. The van der Waals surface area contributed by atoms with Crippen molar-refractivity contribution in [1.29, 1.82) is 0 Å². The van der Waals surface area contributed by atoms with Crippen molar-refractivity contribution in [2.24, 2.45) is 0 Å². The molecule has 0 aliphatic carbocycles. The van der Waals surface area contributed by atoms with Gasteiger partial charge in [0.25, 0.3) is 5.69 Å². The van der Waals surface area contributed by atoms with E-state index < -0.39 is 10.9 Å². The Balaban J connectivity index is 3.17. The van der Waals surface area contributed by atoms with E-state index in [2.05, 4.69) is 4.74 Å². The Morgan fingerprint density at radius 2 is 2.00 bits per heavy atom. The zero-order valence-electron chi connectivity index (χ0n) is 9.65. The van der Waals surface area contributed by atoms with Crippen molar-refractivity contribution in [3.63, 3.8) is 0 Å². The van der Waals surface area contributed by atoms with Crippen LogP contribution in [0.4, 0.5) is 11.4 Å². The summed E-state index contributed by atoms with van der Waals surface area (Å²) in [6.45, 7) is -0.130. The first-order valence-electron chi connectivity index (χ1n) is 4.78. The molecule has 0 N–H and O–H groups in total. The summed E-state index contributed by atoms with van der Waals surface area (Å²) >= 11 is 11.5. The van der Waals surface area contributed by atoms with Crippen LogP contribution in [0.1, 0.15) is 0 Å². The molecule has 1 aromatic rings. The number of ether oxygens (including phenoxy) is 1. The lowest BCUT2D eigenvalue weighted by Gasteiger charge is -2.18. The second-order valence-electron chi connectivity index (χ2n) is 3.44. The molecule has 0 atom stereocenters. The lowest BCUT2D eigenvalue weighted by Crippen LogP contribution is -2.27. The van der Waals surface area contributed by atoms with Gasteiger partial charge in [-0.15, -0.1) is 0 Å². The molecule has 0 saturated heterocycles. The van der Waals surface area contributed by atoms with Gasteiger partial charge in [-0.1, -0.05) is 23.2 Å². The van der Waals surface area contributed by atoms with E-state index in [1.54, 1.807) is 0 Å². The summed E-state index contributed by atoms with van der Waals surface area (Å²) in [7, 11) is 2.75. The molecule has 0 radical (unpaired) electrons. The molecule has 0 bridgehead atoms. The predicted molar refractivity (Wildman–Crippen MR) is 68.4 cm³/mol. The largest absolute Gasteiger partial charge is 0.468 e. The number of esters is 1. The summed E-state index contributed by atoms with van der Waals surface area (Å²) in [5, 5.41) is 11.2. The van der Waals surface area contributed by atoms with E-state index >= 15 is 0 Å². The number of nitro benzene ring substituents is 1. The summed E-state index contributed by atoms with van der Waals surface area (Å²) in [4.78, 5) is 22.8. The highest BCUT2D eigenvalue weighted by Crippen LogP contribution is 2.35. The smallest absolute Gasteiger partial charge is 0.325 e. The fraction of sp³-hybridized carbons (Fsp3) is 0.300. The van der Waals surface area contributed by atoms with Crippen molar-refractivity contribution in [2.75, 3.05) is 25.6 Å². The summed E-state index contributed by atoms with van der Waals surface area (Å²) in [6.07, 6.45) is 0. The van der Waals surface area contributed by atoms with Crippen LogP contribution in [0.15, 0.2) is 12.1 Å². The molecular formula is C10H10Cl2N2O4. The van der Waals surface area contributed by atoms with Crippen LogP contribution in [0, 0.1) is 10.1 Å². The van der Waals surface area contributed by atoms with Crippen molar-refractivity contribution < 1.29 is 14.5 Å². The zero-order chi connectivity index (χ0) is 13.9. The lowest BCUT2D eigenvalue weighted by atomic mass is 10.2. The minimum absolute atomic E-state index is 0.0820. The molecule has 6 nitrogen and oxygen atoms in total. The summed E-state index contributed by atoms with van der Waals surface area (Å²) < 4.78 is 4.49. The predicted octanol–water partition coefficient (Wildman–Crippen LogP) is 2.51. The van der Waals surface area contributed by atoms with Gasteiger partial charge in [-0.3, -0.25) is 14.9 Å². The molecule has 8 heteroatoms. The van der Waals surface area contributed by atoms with Crippen molar-refractivity contribution in [3.05, 3.63) is 32.3 Å². The van der Waals surface area contributed by atoms with E-state index in [0.717, 1.165) is 6.07 Å². The SMILES string of the molecule is COC(=O)CN(C)c1cc(Cl)c(Cl)cc1[N+](=O)[O-]. The molecule has 0 spiro atoms. The number of hydrogen-bond acceptors (Lipinski definition) is 5. The second-order valence-corrected chi connectivity index (χ2v) is 4.26. The molecule has 0 amide bonds. The third kappa shape index (κ3) is 3.24. The van der Waals surface area contributed by atoms with Gasteiger partial charge in [0.2, 0.25) is 0 Å². The molecule has 0 heterocycles. The highest BCUT2D eigenvalue weighted by atomic mass is 35.5. The van der Waals surface area contributed by atoms with Crippen LogP contribution in [0.5, 0.6) is 0 Å². The fourth-order valence-corrected chi connectivity index (χ4v) is 1.64. The maximum atomic E-state index is 11.1. The number of hydrogen-bond donors (Lipinski definition) is 0. The quantitative estimate of drug-likeness (QED) is 0.484. The van der Waals surface area contributed by atoms with Gasteiger partial charge in [0.1, 0.15) is 12.2 Å². The maximum absolute atomic E-state index is 11.1. The van der Waals surface area contributed by atoms with Crippen LogP contribution < -0.4 is 4.90 Å². The van der Waals surface area contributed by atoms with Crippen LogP contribution in [-0.4, -0.2) is 31.6 Å². The van der Waals surface area contributed by atoms with Gasteiger partial charge in [0, 0.05) is 13.1 Å². The summed E-state index contributed by atoms with van der Waals surface area (Å²) in [6, 6.07) is 2.48. The van der Waals surface area contributed by atoms with E-state index in [0.29, 0.717) is 0 Å². The highest BCUT2D eigenvalue weighted by molar-refractivity contribution is 6.42. The maximum Gasteiger partial charge on any atom is 0.325 e. The summed E-state index contributed by atoms with van der Waals surface area (Å²) in [5.41, 5.74) is -0.0318. The Bertz CT molecular complexity index is 493. The van der Waals surface area contributed by atoms with E-state index in [9.17, 15) is 14.9 Å². The van der Waals surface area contributed by atoms with E-state index in [-0.39, 0.29) is 28.0 Å². The van der Waals surface area contributed by atoms with Crippen molar-refractivity contribution in [1.82, 2.24) is 0 Å². The number of methoxy groups -OCH3 is 1. The number of rotatable bonds is 4. The van der Waals surface area contributed by atoms with Crippen LogP contribution in [-0.2, 0) is 9.53 Å². The van der Waals surface area contributed by atoms with Crippen LogP contribution >= 0.6 is 23.2 Å². The number of nitro groups is 1. The number of carbonyl (C=O) groups excluding carboxylic acids is 1. The van der Waals surface area contributed by atoms with Gasteiger partial charge in [0.05, 0.1) is 22.1 Å². The average molecular weight is 293 g/mol. The third-order valence-electron chi connectivity index (χ3n) is 2.22. The molecule has 0 saturated carbocycles. The first-order chi connectivity index (χ1) is 8.36. The van der Waals surface area contributed by atoms with Crippen molar-refractivity contribution in [3.8, 4) is 0 Å². The van der Waals surface area contributed by atoms with E-state index in [4.69, 9.17) is 23.2 Å². The van der Waals surface area contributed by atoms with Crippen LogP contribution in [0.25, 0.3) is 0 Å². The molecular weight excluding hydrogens is 283 g/mol. The topological polar surface area (TPSA) is 72.7 Å². The zero-order valence-corrected chi connectivity index (χ0v) is 11.2. The first-order valence-corrected chi connectivity index (χ1v) is 5.53. The number of carbonyl (C=O) groups is 1. The molecule has 18 heavy (non-hydrogen) atoms. The minimum Gasteiger partial charge on any atom is -0.468 e. The average Bonchev–Trinajstić information content (AvgIpc) is 2.31. The number of nitrogens with zero attached hydrogens (tertiary/aromatic N) is 2. The van der Waals surface area contributed by atoms with E-state index in [1.165, 1.54) is 25.1 Å². The number of likely N-dealkylation sites (N-methyl/N-ethyl adjacent to an activating group) is 1. The van der Waals surface area contributed by atoms with Crippen molar-refractivity contribution >= 4 is 40.5 Å². The second kappa shape index (κ2) is 5.88. The third-order valence-corrected chi connectivity index (χ3v) is 2.94. The minimum atomic E-state index is -0.592. The Kier molecular flexibility index (Phi) is 4.75. The normalized spacial score (nSPS) is 10.0. The first kappa shape index (κ1) is 14.5. The van der Waals surface area contributed by atoms with E-state index in [1.807, 2.05) is 0 Å². The molecule has 1 aromatic carbocycles. The Morgan fingerprint density at radius 3 is 2.50 bits per heavy atom. The molecule has 0 aliphatic rings. The monoisotopic (exact) mass is 292 g/mol. The fourth-order valence-electron chi connectivity index (χ4n) is 1.32. The van der Waals surface area contributed by atoms with Crippen LogP contribution in [0.2, 0.25) is 10.0 Å². The number of halogens is 2. The standard InChI is InChI=1S/C10H10Cl2N2O4/c1-13(5-10(15)18-2)8-3-6(11)7(12)4-9(8)14(16)17/h3-4H,5H2,1-2H3. The number of benzene rings is 1. The molecule has 0 aliphatic heterocycles. The van der Waals surface area contributed by atoms with Crippen LogP contribution in [0.3, 0.4) is 0 Å². The van der Waals surface area contributed by atoms with Crippen molar-refractivity contribution in [2.45, 2.75) is 0 Å².